The number of halogens is 1. The first-order valence-corrected chi connectivity index (χ1v) is 8.14. The Morgan fingerprint density at radius 1 is 1.45 bits per heavy atom. The van der Waals surface area contributed by atoms with Gasteiger partial charge in [0.1, 0.15) is 12.4 Å². The molecule has 1 aromatic carbocycles. The molecular weight excluding hydrogens is 302 g/mol. The third-order valence-corrected chi connectivity index (χ3v) is 4.68. The van der Waals surface area contributed by atoms with Gasteiger partial charge >= 0.3 is 0 Å². The van der Waals surface area contributed by atoms with Gasteiger partial charge in [0, 0.05) is 23.7 Å². The normalized spacial score (nSPS) is 24.7. The van der Waals surface area contributed by atoms with E-state index in [4.69, 9.17) is 22.1 Å². The van der Waals surface area contributed by atoms with Crippen molar-refractivity contribution in [3.8, 4) is 5.75 Å². The Labute approximate surface area is 136 Å². The second kappa shape index (κ2) is 6.34. The van der Waals surface area contributed by atoms with Gasteiger partial charge in [0.25, 0.3) is 0 Å². The molecule has 2 atom stereocenters. The predicted octanol–water partition coefficient (Wildman–Crippen LogP) is 1.88. The minimum absolute atomic E-state index is 0.146. The minimum Gasteiger partial charge on any atom is -0.490 e. The van der Waals surface area contributed by atoms with Crippen molar-refractivity contribution in [2.24, 2.45) is 5.73 Å². The van der Waals surface area contributed by atoms with E-state index in [2.05, 4.69) is 6.92 Å². The van der Waals surface area contributed by atoms with Crippen LogP contribution < -0.4 is 15.4 Å². The van der Waals surface area contributed by atoms with Gasteiger partial charge in [-0.2, -0.15) is 0 Å². The second-order valence-corrected chi connectivity index (χ2v) is 6.54. The van der Waals surface area contributed by atoms with Crippen LogP contribution in [0.2, 0.25) is 5.02 Å². The molecular formula is C16H22ClN3O2. The number of hydrogen-bond donors (Lipinski definition) is 1. The fourth-order valence-corrected chi connectivity index (χ4v) is 3.41. The molecule has 6 heteroatoms. The topological polar surface area (TPSA) is 58.8 Å². The molecule has 0 unspecified atom stereocenters. The SMILES string of the molecule is C[C@@H]1C[C@H](N)CCN1C(=O)CN1CCOc2ccc(Cl)cc21. The summed E-state index contributed by atoms with van der Waals surface area (Å²) in [7, 11) is 0. The molecule has 22 heavy (non-hydrogen) atoms. The van der Waals surface area contributed by atoms with Gasteiger partial charge in [-0.15, -0.1) is 0 Å². The lowest BCUT2D eigenvalue weighted by Gasteiger charge is -2.38. The summed E-state index contributed by atoms with van der Waals surface area (Å²) in [6.45, 7) is 4.45. The monoisotopic (exact) mass is 323 g/mol. The number of anilines is 1. The van der Waals surface area contributed by atoms with E-state index in [1.165, 1.54) is 0 Å². The summed E-state index contributed by atoms with van der Waals surface area (Å²) in [6.07, 6.45) is 1.75. The van der Waals surface area contributed by atoms with Crippen molar-refractivity contribution < 1.29 is 9.53 Å². The fraction of sp³-hybridized carbons (Fsp3) is 0.562. The van der Waals surface area contributed by atoms with Gasteiger partial charge in [-0.3, -0.25) is 4.79 Å². The molecule has 2 N–H and O–H groups in total. The number of amides is 1. The lowest BCUT2D eigenvalue weighted by molar-refractivity contribution is -0.133. The Morgan fingerprint density at radius 3 is 3.05 bits per heavy atom. The second-order valence-electron chi connectivity index (χ2n) is 6.10. The average Bonchev–Trinajstić information content (AvgIpc) is 2.47. The van der Waals surface area contributed by atoms with Gasteiger partial charge < -0.3 is 20.3 Å². The number of rotatable bonds is 2. The van der Waals surface area contributed by atoms with Crippen molar-refractivity contribution in [3.63, 3.8) is 0 Å². The van der Waals surface area contributed by atoms with Crippen molar-refractivity contribution >= 4 is 23.2 Å². The van der Waals surface area contributed by atoms with Crippen molar-refractivity contribution in [2.45, 2.75) is 31.8 Å². The van der Waals surface area contributed by atoms with Gasteiger partial charge in [0.2, 0.25) is 5.91 Å². The first-order chi connectivity index (χ1) is 10.5. The quantitative estimate of drug-likeness (QED) is 0.902. The Kier molecular flexibility index (Phi) is 4.45. The molecule has 0 radical (unpaired) electrons. The summed E-state index contributed by atoms with van der Waals surface area (Å²) < 4.78 is 5.63. The van der Waals surface area contributed by atoms with E-state index in [1.807, 2.05) is 21.9 Å². The number of carbonyl (C=O) groups is 1. The van der Waals surface area contributed by atoms with Gasteiger partial charge in [-0.05, 0) is 38.0 Å². The highest BCUT2D eigenvalue weighted by Gasteiger charge is 2.29. The highest BCUT2D eigenvalue weighted by molar-refractivity contribution is 6.31. The minimum atomic E-state index is 0.146. The number of benzene rings is 1. The van der Waals surface area contributed by atoms with Gasteiger partial charge in [0.05, 0.1) is 18.8 Å². The summed E-state index contributed by atoms with van der Waals surface area (Å²) in [6, 6.07) is 5.94. The molecule has 2 heterocycles. The number of ether oxygens (including phenoxy) is 1. The molecule has 3 rings (SSSR count). The number of hydrogen-bond acceptors (Lipinski definition) is 4. The Hall–Kier alpha value is -1.46. The fourth-order valence-electron chi connectivity index (χ4n) is 3.24. The number of carbonyl (C=O) groups excluding carboxylic acids is 1. The molecule has 0 aliphatic carbocycles. The summed E-state index contributed by atoms with van der Waals surface area (Å²) in [4.78, 5) is 16.6. The molecule has 0 spiro atoms. The van der Waals surface area contributed by atoms with Crippen molar-refractivity contribution in [1.82, 2.24) is 4.90 Å². The first kappa shape index (κ1) is 15.4. The van der Waals surface area contributed by atoms with Crippen molar-refractivity contribution in [1.29, 1.82) is 0 Å². The van der Waals surface area contributed by atoms with Crippen molar-refractivity contribution in [2.75, 3.05) is 31.1 Å². The smallest absolute Gasteiger partial charge is 0.242 e. The summed E-state index contributed by atoms with van der Waals surface area (Å²) in [5.41, 5.74) is 6.87. The van der Waals surface area contributed by atoms with Crippen LogP contribution in [0.5, 0.6) is 5.75 Å². The van der Waals surface area contributed by atoms with Crippen molar-refractivity contribution in [3.05, 3.63) is 23.2 Å². The van der Waals surface area contributed by atoms with Gasteiger partial charge in [0.15, 0.2) is 0 Å². The van der Waals surface area contributed by atoms with Gasteiger partial charge in [-0.25, -0.2) is 0 Å². The molecule has 0 bridgehead atoms. The van der Waals surface area contributed by atoms with Crippen LogP contribution in [0, 0.1) is 0 Å². The van der Waals surface area contributed by atoms with E-state index in [9.17, 15) is 4.79 Å². The lowest BCUT2D eigenvalue weighted by atomic mass is 9.99. The van der Waals surface area contributed by atoms with Gasteiger partial charge in [-0.1, -0.05) is 11.6 Å². The maximum absolute atomic E-state index is 12.6. The predicted molar refractivity (Wildman–Crippen MR) is 87.5 cm³/mol. The molecule has 0 aromatic heterocycles. The summed E-state index contributed by atoms with van der Waals surface area (Å²) in [5, 5.41) is 0.652. The number of fused-ring (bicyclic) bond motifs is 1. The van der Waals surface area contributed by atoms with Crippen LogP contribution in [0.15, 0.2) is 18.2 Å². The molecule has 1 fully saturated rings. The third-order valence-electron chi connectivity index (χ3n) is 4.44. The molecule has 5 nitrogen and oxygen atoms in total. The highest BCUT2D eigenvalue weighted by atomic mass is 35.5. The first-order valence-electron chi connectivity index (χ1n) is 7.77. The number of likely N-dealkylation sites (tertiary alicyclic amines) is 1. The Morgan fingerprint density at radius 2 is 2.27 bits per heavy atom. The number of nitrogens with two attached hydrogens (primary N) is 1. The lowest BCUT2D eigenvalue weighted by Crippen LogP contribution is -2.52. The van der Waals surface area contributed by atoms with E-state index in [0.717, 1.165) is 30.8 Å². The van der Waals surface area contributed by atoms with E-state index in [1.54, 1.807) is 6.07 Å². The largest absolute Gasteiger partial charge is 0.490 e. The van der Waals surface area contributed by atoms with Crippen LogP contribution in [-0.2, 0) is 4.79 Å². The molecule has 0 saturated carbocycles. The zero-order valence-electron chi connectivity index (χ0n) is 12.8. The van der Waals surface area contributed by atoms with Crippen LogP contribution in [0.25, 0.3) is 0 Å². The molecule has 1 amide bonds. The zero-order valence-corrected chi connectivity index (χ0v) is 13.6. The standard InChI is InChI=1S/C16H22ClN3O2/c1-11-8-13(18)4-5-20(11)16(21)10-19-6-7-22-15-3-2-12(17)9-14(15)19/h2-3,9,11,13H,4-8,10,18H2,1H3/t11-,13-/m1/s1. The van der Waals surface area contributed by atoms with Crippen LogP contribution in [0.1, 0.15) is 19.8 Å². The van der Waals surface area contributed by atoms with Crippen LogP contribution in [0.3, 0.4) is 0 Å². The molecule has 120 valence electrons. The van der Waals surface area contributed by atoms with E-state index in [0.29, 0.717) is 24.7 Å². The number of nitrogens with zero attached hydrogens (tertiary/aromatic N) is 2. The zero-order chi connectivity index (χ0) is 15.7. The maximum atomic E-state index is 12.6. The van der Waals surface area contributed by atoms with E-state index >= 15 is 0 Å². The highest BCUT2D eigenvalue weighted by Crippen LogP contribution is 2.34. The Balaban J connectivity index is 1.71. The van der Waals surface area contributed by atoms with Crippen LogP contribution in [0.4, 0.5) is 5.69 Å². The number of piperidine rings is 1. The maximum Gasteiger partial charge on any atom is 0.242 e. The van der Waals surface area contributed by atoms with E-state index in [-0.39, 0.29) is 18.0 Å². The summed E-state index contributed by atoms with van der Waals surface area (Å²) in [5.74, 6) is 0.935. The van der Waals surface area contributed by atoms with E-state index < -0.39 is 0 Å². The molecule has 2 aliphatic rings. The average molecular weight is 324 g/mol. The van der Waals surface area contributed by atoms with Crippen LogP contribution in [-0.4, -0.2) is 49.1 Å². The molecule has 1 saturated heterocycles. The molecule has 1 aromatic rings. The van der Waals surface area contributed by atoms with Crippen LogP contribution >= 0.6 is 11.6 Å². The summed E-state index contributed by atoms with van der Waals surface area (Å²) >= 11 is 6.07. The Bertz CT molecular complexity index is 566. The third kappa shape index (κ3) is 3.15. The molecule has 2 aliphatic heterocycles.